The molecule has 3 aromatic rings. The number of thiazole rings is 1. The molecule has 2 fully saturated rings. The zero-order valence-corrected chi connectivity index (χ0v) is 35.1. The molecule has 2 aliphatic heterocycles. The van der Waals surface area contributed by atoms with Crippen LogP contribution in [-0.4, -0.2) is 106 Å². The number of aromatic nitrogens is 2. The Labute approximate surface area is 337 Å². The molecule has 1 saturated heterocycles. The molecular weight excluding hydrogens is 758 g/mol. The number of benzene rings is 1. The van der Waals surface area contributed by atoms with E-state index in [1.165, 1.54) is 11.3 Å². The molecule has 2 bridgehead atoms. The van der Waals surface area contributed by atoms with E-state index in [0.717, 1.165) is 40.2 Å². The summed E-state index contributed by atoms with van der Waals surface area (Å²) < 4.78 is 47.8. The number of methoxy groups -OCH3 is 1. The second-order valence-electron chi connectivity index (χ2n) is 16.5. The van der Waals surface area contributed by atoms with E-state index in [9.17, 15) is 14.0 Å². The Morgan fingerprint density at radius 3 is 2.40 bits per heavy atom. The number of ether oxygens (including phenoxy) is 5. The summed E-state index contributed by atoms with van der Waals surface area (Å²) in [7, 11) is 1.63. The lowest BCUT2D eigenvalue weighted by atomic mass is 9.83. The van der Waals surface area contributed by atoms with E-state index in [0.29, 0.717) is 23.5 Å². The number of amides is 3. The van der Waals surface area contributed by atoms with Crippen LogP contribution in [0.25, 0.3) is 5.57 Å². The number of aryl methyl sites for hydroxylation is 1. The smallest absolute Gasteiger partial charge is 0.411 e. The highest BCUT2D eigenvalue weighted by Gasteiger charge is 2.51. The van der Waals surface area contributed by atoms with E-state index >= 15 is 4.79 Å². The van der Waals surface area contributed by atoms with Crippen molar-refractivity contribution < 1.29 is 47.0 Å². The van der Waals surface area contributed by atoms with Crippen molar-refractivity contribution in [3.63, 3.8) is 0 Å². The second kappa shape index (κ2) is 17.0. The molecule has 1 aliphatic carbocycles. The summed E-state index contributed by atoms with van der Waals surface area (Å²) >= 11 is 1.39. The number of carbonyl (C=O) groups is 3. The topological polar surface area (TPSA) is 146 Å². The minimum absolute atomic E-state index is 0.00188. The first-order chi connectivity index (χ1) is 27.0. The molecule has 0 radical (unpaired) electrons. The van der Waals surface area contributed by atoms with Gasteiger partial charge in [0.25, 0.3) is 11.8 Å². The zero-order chi connectivity index (χ0) is 41.2. The van der Waals surface area contributed by atoms with Crippen LogP contribution in [0.4, 0.5) is 14.0 Å². The van der Waals surface area contributed by atoms with Crippen LogP contribution in [-0.2, 0) is 38.6 Å². The van der Waals surface area contributed by atoms with Gasteiger partial charge in [0.2, 0.25) is 5.82 Å². The van der Waals surface area contributed by atoms with E-state index in [2.05, 4.69) is 10.1 Å². The lowest BCUT2D eigenvalue weighted by Crippen LogP contribution is -2.66. The molecular formula is C41H54FN5O9S. The number of rotatable bonds is 13. The average Bonchev–Trinajstić information content (AvgIpc) is 3.76. The van der Waals surface area contributed by atoms with Gasteiger partial charge >= 0.3 is 12.2 Å². The number of halogens is 1. The van der Waals surface area contributed by atoms with Gasteiger partial charge in [0.15, 0.2) is 5.76 Å². The van der Waals surface area contributed by atoms with Gasteiger partial charge in [-0.25, -0.2) is 14.6 Å². The van der Waals surface area contributed by atoms with Crippen molar-refractivity contribution in [2.45, 2.75) is 124 Å². The Kier molecular flexibility index (Phi) is 12.5. The van der Waals surface area contributed by atoms with Crippen molar-refractivity contribution in [2.75, 3.05) is 33.4 Å². The van der Waals surface area contributed by atoms with Crippen molar-refractivity contribution in [1.82, 2.24) is 24.8 Å². The predicted octanol–water partition coefficient (Wildman–Crippen LogP) is 7.32. The Morgan fingerprint density at radius 1 is 1.04 bits per heavy atom. The summed E-state index contributed by atoms with van der Waals surface area (Å²) in [5.74, 6) is -0.174. The zero-order valence-electron chi connectivity index (χ0n) is 34.3. The van der Waals surface area contributed by atoms with Crippen LogP contribution >= 0.6 is 11.3 Å². The molecule has 3 aliphatic rings. The van der Waals surface area contributed by atoms with E-state index in [1.54, 1.807) is 71.6 Å². The Balaban J connectivity index is 1.34. The maximum Gasteiger partial charge on any atom is 0.411 e. The van der Waals surface area contributed by atoms with Gasteiger partial charge in [-0.05, 0) is 95.7 Å². The van der Waals surface area contributed by atoms with E-state index in [1.807, 2.05) is 30.0 Å². The summed E-state index contributed by atoms with van der Waals surface area (Å²) in [4.78, 5) is 53.6. The van der Waals surface area contributed by atoms with Crippen LogP contribution in [0, 0.1) is 12.7 Å². The van der Waals surface area contributed by atoms with E-state index < -0.39 is 41.3 Å². The van der Waals surface area contributed by atoms with Crippen LogP contribution in [0.2, 0.25) is 0 Å². The Morgan fingerprint density at radius 2 is 1.75 bits per heavy atom. The molecule has 16 heteroatoms. The molecule has 1 saturated carbocycles. The Hall–Kier alpha value is -4.70. The molecule has 6 rings (SSSR count). The van der Waals surface area contributed by atoms with Crippen molar-refractivity contribution in [3.8, 4) is 11.6 Å². The normalized spacial score (nSPS) is 18.4. The van der Waals surface area contributed by atoms with Crippen LogP contribution in [0.3, 0.4) is 0 Å². The third-order valence-electron chi connectivity index (χ3n) is 9.88. The summed E-state index contributed by atoms with van der Waals surface area (Å²) in [6.07, 6.45) is 2.99. The van der Waals surface area contributed by atoms with Crippen molar-refractivity contribution >= 4 is 35.0 Å². The first-order valence-electron chi connectivity index (χ1n) is 19.4. The fourth-order valence-corrected chi connectivity index (χ4v) is 8.03. The molecule has 310 valence electrons. The SMILES string of the molecule is CCc1onc(OCCOCc2ncc(C3=C(C(=O)N(Cc4cccc(OC)c4C)C4CC4)C4CN(C(=O)OC(C)(C)C)CC(C3)N4C(=O)OC(C)(C)C)s2)c1F. The maximum atomic E-state index is 15.3. The molecule has 57 heavy (non-hydrogen) atoms. The molecule has 3 amide bonds. The first kappa shape index (κ1) is 41.9. The fourth-order valence-electron chi connectivity index (χ4n) is 7.10. The monoisotopic (exact) mass is 811 g/mol. The highest BCUT2D eigenvalue weighted by Crippen LogP contribution is 2.43. The van der Waals surface area contributed by atoms with Gasteiger partial charge in [-0.3, -0.25) is 9.69 Å². The van der Waals surface area contributed by atoms with Gasteiger partial charge < -0.3 is 38.0 Å². The summed E-state index contributed by atoms with van der Waals surface area (Å²) in [5.41, 5.74) is 1.54. The standard InChI is InChI=1S/C41H54FN5O9S/c1-10-30-35(42)36(44-56-30)53-17-16-52-23-33-43-19-32(57-33)28-18-27-21-45(38(49)54-40(3,4)5)22-29(47(27)39(50)55-41(6,7)8)34(28)37(48)46(26-14-15-26)20-25-12-11-13-31(51-9)24(25)2/h11-13,19,26-27,29H,10,14-18,20-23H2,1-9H3. The van der Waals surface area contributed by atoms with Gasteiger partial charge in [0.05, 0.1) is 37.3 Å². The number of nitrogens with zero attached hydrogens (tertiary/aromatic N) is 5. The van der Waals surface area contributed by atoms with Gasteiger partial charge in [-0.2, -0.15) is 4.39 Å². The number of hydrogen-bond donors (Lipinski definition) is 0. The minimum Gasteiger partial charge on any atom is -0.496 e. The maximum absolute atomic E-state index is 15.3. The molecule has 2 aromatic heterocycles. The largest absolute Gasteiger partial charge is 0.496 e. The van der Waals surface area contributed by atoms with Crippen LogP contribution in [0.1, 0.15) is 94.5 Å². The number of piperazine rings is 1. The summed E-state index contributed by atoms with van der Waals surface area (Å²) in [6, 6.07) is 4.46. The van der Waals surface area contributed by atoms with Gasteiger partial charge in [0.1, 0.15) is 28.6 Å². The second-order valence-corrected chi connectivity index (χ2v) is 17.7. The van der Waals surface area contributed by atoms with Crippen molar-refractivity contribution in [3.05, 3.63) is 62.6 Å². The van der Waals surface area contributed by atoms with E-state index in [-0.39, 0.29) is 62.9 Å². The number of hydrogen-bond acceptors (Lipinski definition) is 12. The molecule has 2 atom stereocenters. The third kappa shape index (κ3) is 9.89. The van der Waals surface area contributed by atoms with Crippen molar-refractivity contribution in [1.29, 1.82) is 0 Å². The highest BCUT2D eigenvalue weighted by atomic mass is 32.1. The van der Waals surface area contributed by atoms with Crippen molar-refractivity contribution in [2.24, 2.45) is 0 Å². The molecule has 14 nitrogen and oxygen atoms in total. The van der Waals surface area contributed by atoms with Gasteiger partial charge in [-0.15, -0.1) is 11.3 Å². The average molecular weight is 812 g/mol. The van der Waals surface area contributed by atoms with E-state index in [4.69, 9.17) is 28.2 Å². The molecule has 0 N–H and O–H groups in total. The fraction of sp³-hybridized carbons (Fsp3) is 0.585. The quantitative estimate of drug-likeness (QED) is 0.160. The molecule has 1 aromatic carbocycles. The summed E-state index contributed by atoms with van der Waals surface area (Å²) in [6.45, 7) is 15.5. The minimum atomic E-state index is -0.834. The third-order valence-corrected chi connectivity index (χ3v) is 10.9. The molecule has 0 spiro atoms. The lowest BCUT2D eigenvalue weighted by Gasteiger charge is -2.51. The van der Waals surface area contributed by atoms with Gasteiger partial charge in [0, 0.05) is 43.9 Å². The van der Waals surface area contributed by atoms with Crippen LogP contribution in [0.15, 0.2) is 34.5 Å². The number of carbonyl (C=O) groups excluding carboxylic acids is 3. The predicted molar refractivity (Wildman–Crippen MR) is 209 cm³/mol. The highest BCUT2D eigenvalue weighted by molar-refractivity contribution is 7.12. The lowest BCUT2D eigenvalue weighted by molar-refractivity contribution is -0.129. The van der Waals surface area contributed by atoms with Gasteiger partial charge in [-0.1, -0.05) is 19.1 Å². The molecule has 4 heterocycles. The van der Waals surface area contributed by atoms with Crippen LogP contribution < -0.4 is 9.47 Å². The summed E-state index contributed by atoms with van der Waals surface area (Å²) in [5, 5.41) is 4.29. The van der Waals surface area contributed by atoms with Crippen LogP contribution in [0.5, 0.6) is 11.6 Å². The molecule has 2 unspecified atom stereocenters. The number of fused-ring (bicyclic) bond motifs is 2. The Bertz CT molecular complexity index is 1980. The first-order valence-corrected chi connectivity index (χ1v) is 20.2.